The minimum atomic E-state index is -6.27. The van der Waals surface area contributed by atoms with Gasteiger partial charge in [0.1, 0.15) is 57.5 Å². The molecular weight excluding hydrogens is 1690 g/mol. The Bertz CT molecular complexity index is 6980. The molecule has 2 aliphatic heterocycles. The molecule has 0 atom stereocenters. The second-order valence-corrected chi connectivity index (χ2v) is 29.7. The van der Waals surface area contributed by atoms with Crippen molar-refractivity contribution in [3.63, 3.8) is 0 Å². The first kappa shape index (κ1) is 89.7. The van der Waals surface area contributed by atoms with Crippen molar-refractivity contribution >= 4 is 107 Å². The molecular formula is C88H79F3N16O20S. The van der Waals surface area contributed by atoms with Crippen LogP contribution in [0.3, 0.4) is 0 Å². The van der Waals surface area contributed by atoms with Gasteiger partial charge in [-0.1, -0.05) is 146 Å². The second kappa shape index (κ2) is 39.7. The number of hydrogen-bond donors (Lipinski definition) is 5. The third-order valence-electron chi connectivity index (χ3n) is 19.5. The Morgan fingerprint density at radius 3 is 1.30 bits per heavy atom. The summed E-state index contributed by atoms with van der Waals surface area (Å²) in [5.41, 5.74) is 0.528. The van der Waals surface area contributed by atoms with Gasteiger partial charge in [-0.3, -0.25) is 28.8 Å². The number of carbonyl (C=O) groups is 5. The first-order valence-electron chi connectivity index (χ1n) is 39.4. The summed E-state index contributed by atoms with van der Waals surface area (Å²) in [5.74, 6) is -4.90. The maximum atomic E-state index is 13.6. The highest BCUT2D eigenvalue weighted by Gasteiger charge is 2.50. The molecule has 16 rings (SSSR count). The minimum absolute atomic E-state index is 0.00277. The zero-order valence-electron chi connectivity index (χ0n) is 69.3. The molecule has 0 saturated heterocycles. The zero-order valence-corrected chi connectivity index (χ0v) is 70.1. The number of ether oxygens (including phenoxy) is 3. The first-order chi connectivity index (χ1) is 61.6. The third kappa shape index (κ3) is 20.1. The van der Waals surface area contributed by atoms with Gasteiger partial charge in [0, 0.05) is 30.5 Å². The number of amides is 2. The van der Waals surface area contributed by atoms with Crippen molar-refractivity contribution in [2.45, 2.75) is 106 Å². The number of halogens is 3. The van der Waals surface area contributed by atoms with Crippen molar-refractivity contribution in [2.24, 2.45) is 0 Å². The molecule has 658 valence electrons. The molecule has 6 aromatic carbocycles. The number of esters is 3. The monoisotopic (exact) mass is 1770 g/mol. The smallest absolute Gasteiger partial charge is 0.506 e. The normalized spacial score (nSPS) is 11.9. The second-order valence-electron chi connectivity index (χ2n) is 28.1. The summed E-state index contributed by atoms with van der Waals surface area (Å²) in [4.78, 5) is 169. The van der Waals surface area contributed by atoms with E-state index in [0.717, 1.165) is 77.2 Å². The van der Waals surface area contributed by atoms with E-state index in [-0.39, 0.29) is 104 Å². The van der Waals surface area contributed by atoms with E-state index in [2.05, 4.69) is 65.3 Å². The van der Waals surface area contributed by atoms with Crippen LogP contribution in [0.5, 0.6) is 11.5 Å². The number of nitrogens with one attached hydrogen (secondary N) is 4. The number of fused-ring (bicyclic) bond motifs is 6. The van der Waals surface area contributed by atoms with Gasteiger partial charge in [0.15, 0.2) is 45.0 Å². The van der Waals surface area contributed by atoms with Crippen LogP contribution in [0.2, 0.25) is 0 Å². The fraction of sp³-hybridized carbons (Fsp3) is 0.216. The first-order valence-corrected chi connectivity index (χ1v) is 40.8. The van der Waals surface area contributed by atoms with Gasteiger partial charge in [-0.2, -0.15) is 21.6 Å². The number of anilines is 4. The Balaban J connectivity index is 0.000000147. The summed E-state index contributed by atoms with van der Waals surface area (Å²) in [6, 6.07) is 49.7. The number of benzene rings is 6. The van der Waals surface area contributed by atoms with E-state index in [1.165, 1.54) is 43.6 Å². The largest absolute Gasteiger partial charge is 0.534 e. The Hall–Kier alpha value is -16.0. The molecule has 0 bridgehead atoms. The number of aromatic nitrogens is 12. The Morgan fingerprint density at radius 2 is 0.812 bits per heavy atom. The number of carbonyl (C=O) groups excluding carboxylic acids is 5. The number of rotatable bonds is 26. The van der Waals surface area contributed by atoms with Gasteiger partial charge in [0.2, 0.25) is 11.8 Å². The van der Waals surface area contributed by atoms with Crippen molar-refractivity contribution in [1.82, 2.24) is 58.8 Å². The molecule has 5 N–H and O–H groups in total. The van der Waals surface area contributed by atoms with E-state index in [4.69, 9.17) is 33.6 Å². The van der Waals surface area contributed by atoms with Crippen molar-refractivity contribution in [3.05, 3.63) is 314 Å². The summed E-state index contributed by atoms with van der Waals surface area (Å²) in [5, 5.41) is 23.6. The summed E-state index contributed by atoms with van der Waals surface area (Å²) >= 11 is 0. The molecule has 0 radical (unpaired) electrons. The molecule has 8 aromatic heterocycles. The molecule has 0 aliphatic carbocycles. The molecule has 0 saturated carbocycles. The van der Waals surface area contributed by atoms with Crippen LogP contribution in [0, 0.1) is 27.7 Å². The van der Waals surface area contributed by atoms with E-state index in [1.807, 2.05) is 134 Å². The van der Waals surface area contributed by atoms with Crippen molar-refractivity contribution in [2.75, 3.05) is 41.1 Å². The summed E-state index contributed by atoms with van der Waals surface area (Å²) in [6.45, 7) is 12.1. The van der Waals surface area contributed by atoms with E-state index >= 15 is 0 Å². The Morgan fingerprint density at radius 1 is 0.430 bits per heavy atom. The van der Waals surface area contributed by atoms with Crippen molar-refractivity contribution < 1.29 is 88.4 Å². The third-order valence-corrected chi connectivity index (χ3v) is 20.4. The van der Waals surface area contributed by atoms with E-state index in [0.29, 0.717) is 57.8 Å². The topological polar surface area (TPSA) is 453 Å². The lowest BCUT2D eigenvalue weighted by atomic mass is 10.1. The Kier molecular flexibility index (Phi) is 27.8. The van der Waals surface area contributed by atoms with Crippen LogP contribution in [-0.2, 0) is 86.3 Å². The van der Waals surface area contributed by atoms with Gasteiger partial charge < -0.3 is 64.1 Å². The van der Waals surface area contributed by atoms with Gasteiger partial charge in [0.05, 0.1) is 88.4 Å². The average Bonchev–Trinajstić information content (AvgIpc) is 0.770. The fourth-order valence-corrected chi connectivity index (χ4v) is 13.9. The average molecular weight is 1770 g/mol. The standard InChI is InChI=1S/C27H25N5O5.C24H21N5O3.C19H16F3N3O7S.C18H17N3O5/c1-3-36-27(35)23-24(28-13-18-9-10-19-12-21(33)31-20(19)11-18)22-16(2)29-15-30-25(22)32(26(23)34)37-14-17-7-5-4-6-8-17;1-15-23-20(25-12-17-7-8-19-18(9-17)10-21(30)28-19)11-22(31)29(24(23)27-14-26-15)32-13-16-5-3-2-4-6-16;1-3-30-18(27)14-15(32-33(28,29)19(20,21)22)13-11(2)23-10-24-16(13)25(17(14)26)31-9-12-7-5-4-6-8-12;1-3-25-18(24)14-15(22)13-11(2)19-10-20-16(13)21(17(14)23)26-9-12-7-5-4-6-8-12/h4-11,15,28H,3,12-14H2,1-2H3,(H,31,33);2-9,11,14,25H,10,12-13H2,1H3,(H,28,30);4-8,10H,3,9H2,1-2H3;4-8,10,22H,3,9H2,1-2H3. The minimum Gasteiger partial charge on any atom is -0.506 e. The van der Waals surface area contributed by atoms with Gasteiger partial charge in [-0.05, 0) is 105 Å². The number of aryl methyl sites for hydroxylation is 4. The Labute approximate surface area is 723 Å². The van der Waals surface area contributed by atoms with Crippen LogP contribution in [0.15, 0.2) is 208 Å². The molecule has 0 spiro atoms. The lowest BCUT2D eigenvalue weighted by Gasteiger charge is -2.19. The predicted octanol–water partition coefficient (Wildman–Crippen LogP) is 9.59. The number of pyridine rings is 4. The molecule has 40 heteroatoms. The summed E-state index contributed by atoms with van der Waals surface area (Å²) < 4.78 is 85.4. The molecule has 0 unspecified atom stereocenters. The van der Waals surface area contributed by atoms with Crippen molar-refractivity contribution in [1.29, 1.82) is 0 Å². The van der Waals surface area contributed by atoms with E-state index < -0.39 is 83.9 Å². The molecule has 14 aromatic rings. The summed E-state index contributed by atoms with van der Waals surface area (Å²) in [6.07, 6.45) is 5.73. The molecule has 10 heterocycles. The molecule has 128 heavy (non-hydrogen) atoms. The predicted molar refractivity (Wildman–Crippen MR) is 458 cm³/mol. The SMILES string of the molecule is CCOC(=O)c1c(NCc2ccc3c(c2)NC(=O)C3)c2c(C)ncnc2n(OCc2ccccc2)c1=O.CCOC(=O)c1c(O)c2c(C)ncnc2n(OCc2ccccc2)c1=O.CCOC(=O)c1c(OS(=O)(=O)C(F)(F)F)c2c(C)ncnc2n(OCc2ccccc2)c1=O.Cc1ncnc2c1c(NCc1ccc3c(c1)CC(=O)N3)cc(=O)n2OCc1ccccc1. The number of aromatic hydroxyl groups is 1. The maximum Gasteiger partial charge on any atom is 0.534 e. The van der Waals surface area contributed by atoms with Gasteiger partial charge in [0.25, 0.3) is 5.56 Å². The van der Waals surface area contributed by atoms with Crippen LogP contribution >= 0.6 is 0 Å². The highest BCUT2D eigenvalue weighted by atomic mass is 32.2. The van der Waals surface area contributed by atoms with Gasteiger partial charge in [-0.15, -0.1) is 18.9 Å². The highest BCUT2D eigenvalue weighted by Crippen LogP contribution is 2.36. The van der Waals surface area contributed by atoms with Crippen LogP contribution in [0.25, 0.3) is 44.1 Å². The zero-order chi connectivity index (χ0) is 91.1. The van der Waals surface area contributed by atoms with Crippen LogP contribution < -0.4 is 67.0 Å². The van der Waals surface area contributed by atoms with Gasteiger partial charge >= 0.3 is 50.2 Å². The van der Waals surface area contributed by atoms with E-state index in [9.17, 15) is 69.8 Å². The quantitative estimate of drug-likeness (QED) is 0.0146. The lowest BCUT2D eigenvalue weighted by molar-refractivity contribution is -0.115. The summed E-state index contributed by atoms with van der Waals surface area (Å²) in [7, 11) is -6.27. The van der Waals surface area contributed by atoms with Crippen molar-refractivity contribution in [3.8, 4) is 11.5 Å². The van der Waals surface area contributed by atoms with Crippen LogP contribution in [0.4, 0.5) is 35.9 Å². The van der Waals surface area contributed by atoms with E-state index in [1.54, 1.807) is 58.0 Å². The number of hydrogen-bond acceptors (Lipinski definition) is 30. The molecule has 2 amide bonds. The maximum absolute atomic E-state index is 13.6. The molecule has 36 nitrogen and oxygen atoms in total. The number of nitrogens with zero attached hydrogens (tertiary/aromatic N) is 12. The fourth-order valence-electron chi connectivity index (χ4n) is 13.5. The molecule has 2 aliphatic rings. The van der Waals surface area contributed by atoms with Gasteiger partial charge in [-0.25, -0.2) is 54.3 Å². The number of alkyl halides is 3. The lowest BCUT2D eigenvalue weighted by Crippen LogP contribution is -2.35. The van der Waals surface area contributed by atoms with Crippen LogP contribution in [-0.4, -0.2) is 127 Å². The van der Waals surface area contributed by atoms with Crippen LogP contribution in [0.1, 0.15) is 119 Å². The molecule has 0 fully saturated rings. The highest BCUT2D eigenvalue weighted by molar-refractivity contribution is 7.88.